The van der Waals surface area contributed by atoms with Crippen LogP contribution < -0.4 is 0 Å². The number of allylic oxidation sites excluding steroid dienone is 2. The molecule has 0 aliphatic carbocycles. The molecule has 28 heavy (non-hydrogen) atoms. The van der Waals surface area contributed by atoms with Crippen molar-refractivity contribution in [1.82, 2.24) is 0 Å². The van der Waals surface area contributed by atoms with Gasteiger partial charge in [0.1, 0.15) is 0 Å². The fourth-order valence-electron chi connectivity index (χ4n) is 2.74. The van der Waals surface area contributed by atoms with Gasteiger partial charge in [-0.25, -0.2) is 9.59 Å². The van der Waals surface area contributed by atoms with Crippen LogP contribution in [0, 0.1) is 0 Å². The van der Waals surface area contributed by atoms with E-state index in [0.29, 0.717) is 0 Å². The van der Waals surface area contributed by atoms with Gasteiger partial charge >= 0.3 is 18.3 Å². The highest BCUT2D eigenvalue weighted by Crippen LogP contribution is 2.10. The van der Waals surface area contributed by atoms with Gasteiger partial charge in [-0.1, -0.05) is 76.9 Å². The van der Waals surface area contributed by atoms with Crippen LogP contribution in [0.25, 0.3) is 0 Å². The lowest BCUT2D eigenvalue weighted by Crippen LogP contribution is -2.17. The molecule has 0 spiro atoms. The summed E-state index contributed by atoms with van der Waals surface area (Å²) in [6.45, 7) is 3.48. The Morgan fingerprint density at radius 1 is 0.643 bits per heavy atom. The quantitative estimate of drug-likeness (QED) is 0.122. The Morgan fingerprint density at radius 2 is 1.14 bits per heavy atom. The van der Waals surface area contributed by atoms with Crippen LogP contribution in [0.4, 0.5) is 9.59 Å². The predicted molar refractivity (Wildman–Crippen MR) is 109 cm³/mol. The summed E-state index contributed by atoms with van der Waals surface area (Å²) in [5.41, 5.74) is 0. The van der Waals surface area contributed by atoms with E-state index in [9.17, 15) is 14.4 Å². The van der Waals surface area contributed by atoms with E-state index in [1.807, 2.05) is 0 Å². The zero-order valence-corrected chi connectivity index (χ0v) is 17.7. The number of carbonyl (C=O) groups is 3. The van der Waals surface area contributed by atoms with E-state index in [2.05, 4.69) is 28.5 Å². The molecule has 0 amide bonds. The van der Waals surface area contributed by atoms with Gasteiger partial charge in [0, 0.05) is 6.92 Å². The summed E-state index contributed by atoms with van der Waals surface area (Å²) in [5, 5.41) is 0. The largest absolute Gasteiger partial charge is 0.526 e. The standard InChI is InChI=1S/C22H38O6/c1-3-4-5-6-7-8-9-10-11-12-13-14-15-16-17-18-19-26-21(24)28-22(25)27-20(2)23/h10-11H,3-9,12-19H2,1-2H3/b11-10-. The van der Waals surface area contributed by atoms with Crippen molar-refractivity contribution >= 4 is 18.3 Å². The Bertz CT molecular complexity index is 444. The second-order valence-electron chi connectivity index (χ2n) is 6.98. The average molecular weight is 399 g/mol. The maximum absolute atomic E-state index is 11.1. The molecule has 0 atom stereocenters. The third-order valence-corrected chi connectivity index (χ3v) is 4.27. The molecule has 0 fully saturated rings. The molecule has 6 heteroatoms. The Kier molecular flexibility index (Phi) is 18.6. The van der Waals surface area contributed by atoms with Crippen molar-refractivity contribution in [2.75, 3.05) is 6.61 Å². The lowest BCUT2D eigenvalue weighted by atomic mass is 10.1. The lowest BCUT2D eigenvalue weighted by Gasteiger charge is -2.04. The van der Waals surface area contributed by atoms with E-state index >= 15 is 0 Å². The van der Waals surface area contributed by atoms with Crippen LogP contribution in [0.5, 0.6) is 0 Å². The molecule has 0 radical (unpaired) electrons. The van der Waals surface area contributed by atoms with Gasteiger partial charge in [-0.3, -0.25) is 4.79 Å². The molecule has 162 valence electrons. The van der Waals surface area contributed by atoms with E-state index in [1.54, 1.807) is 0 Å². The monoisotopic (exact) mass is 398 g/mol. The molecule has 0 N–H and O–H groups in total. The van der Waals surface area contributed by atoms with Crippen LogP contribution in [0.3, 0.4) is 0 Å². The number of carbonyl (C=O) groups excluding carboxylic acids is 3. The van der Waals surface area contributed by atoms with Crippen LogP contribution in [-0.4, -0.2) is 24.9 Å². The zero-order valence-electron chi connectivity index (χ0n) is 17.7. The van der Waals surface area contributed by atoms with Gasteiger partial charge in [-0.2, -0.15) is 0 Å². The summed E-state index contributed by atoms with van der Waals surface area (Å²) in [4.78, 5) is 32.5. The molecule has 0 aliphatic heterocycles. The van der Waals surface area contributed by atoms with Gasteiger partial charge in [0.15, 0.2) is 0 Å². The van der Waals surface area contributed by atoms with Crippen LogP contribution in [-0.2, 0) is 19.0 Å². The molecular weight excluding hydrogens is 360 g/mol. The fourth-order valence-corrected chi connectivity index (χ4v) is 2.74. The number of hydrogen-bond acceptors (Lipinski definition) is 6. The van der Waals surface area contributed by atoms with Crippen molar-refractivity contribution in [2.45, 2.75) is 104 Å². The lowest BCUT2D eigenvalue weighted by molar-refractivity contribution is -0.136. The molecule has 0 aromatic carbocycles. The minimum absolute atomic E-state index is 0.188. The molecule has 0 rings (SSSR count). The maximum Gasteiger partial charge on any atom is 0.526 e. The summed E-state index contributed by atoms with van der Waals surface area (Å²) in [7, 11) is 0. The van der Waals surface area contributed by atoms with Crippen molar-refractivity contribution in [3.63, 3.8) is 0 Å². The average Bonchev–Trinajstić information content (AvgIpc) is 2.63. The highest BCUT2D eigenvalue weighted by atomic mass is 16.8. The van der Waals surface area contributed by atoms with Crippen LogP contribution in [0.15, 0.2) is 12.2 Å². The van der Waals surface area contributed by atoms with E-state index in [0.717, 1.165) is 32.6 Å². The SMILES string of the molecule is CCCCCCCC/C=C\CCCCCCCCOC(=O)OC(=O)OC(C)=O. The van der Waals surface area contributed by atoms with Crippen LogP contribution >= 0.6 is 0 Å². The van der Waals surface area contributed by atoms with E-state index in [-0.39, 0.29) is 6.61 Å². The first-order valence-electron chi connectivity index (χ1n) is 10.8. The number of ether oxygens (including phenoxy) is 3. The highest BCUT2D eigenvalue weighted by molar-refractivity contribution is 5.85. The second-order valence-corrected chi connectivity index (χ2v) is 6.98. The molecule has 0 aliphatic rings. The van der Waals surface area contributed by atoms with E-state index < -0.39 is 18.3 Å². The molecule has 0 saturated heterocycles. The van der Waals surface area contributed by atoms with E-state index in [4.69, 9.17) is 4.74 Å². The first-order chi connectivity index (χ1) is 13.6. The zero-order chi connectivity index (χ0) is 20.9. The molecule has 0 aromatic rings. The summed E-state index contributed by atoms with van der Waals surface area (Å²) in [6.07, 6.45) is 19.0. The van der Waals surface area contributed by atoms with Crippen molar-refractivity contribution in [3.05, 3.63) is 12.2 Å². The molecular formula is C22H38O6. The fraction of sp³-hybridized carbons (Fsp3) is 0.773. The minimum Gasteiger partial charge on any atom is -0.434 e. The number of rotatable bonds is 16. The smallest absolute Gasteiger partial charge is 0.434 e. The summed E-state index contributed by atoms with van der Waals surface area (Å²) in [5.74, 6) is -0.842. The molecule has 0 bridgehead atoms. The third kappa shape index (κ3) is 20.5. The van der Waals surface area contributed by atoms with Gasteiger partial charge in [0.25, 0.3) is 0 Å². The Morgan fingerprint density at radius 3 is 1.68 bits per heavy atom. The van der Waals surface area contributed by atoms with Crippen LogP contribution in [0.2, 0.25) is 0 Å². The van der Waals surface area contributed by atoms with E-state index in [1.165, 1.54) is 64.2 Å². The Balaban J connectivity index is 3.29. The first-order valence-corrected chi connectivity index (χ1v) is 10.8. The van der Waals surface area contributed by atoms with Gasteiger partial charge in [0.2, 0.25) is 0 Å². The van der Waals surface area contributed by atoms with Gasteiger partial charge < -0.3 is 14.2 Å². The normalized spacial score (nSPS) is 10.8. The minimum atomic E-state index is -1.36. The molecule has 0 heterocycles. The van der Waals surface area contributed by atoms with Crippen molar-refractivity contribution in [3.8, 4) is 0 Å². The molecule has 6 nitrogen and oxygen atoms in total. The third-order valence-electron chi connectivity index (χ3n) is 4.27. The Labute approximate surface area is 170 Å². The van der Waals surface area contributed by atoms with Crippen molar-refractivity contribution in [2.24, 2.45) is 0 Å². The number of unbranched alkanes of at least 4 members (excludes halogenated alkanes) is 12. The van der Waals surface area contributed by atoms with Gasteiger partial charge in [-0.05, 0) is 32.1 Å². The van der Waals surface area contributed by atoms with Crippen molar-refractivity contribution in [1.29, 1.82) is 0 Å². The summed E-state index contributed by atoms with van der Waals surface area (Å²) < 4.78 is 12.9. The number of hydrogen-bond donors (Lipinski definition) is 0. The summed E-state index contributed by atoms with van der Waals surface area (Å²) >= 11 is 0. The molecule has 0 aromatic heterocycles. The van der Waals surface area contributed by atoms with Crippen LogP contribution in [0.1, 0.15) is 104 Å². The topological polar surface area (TPSA) is 78.9 Å². The number of esters is 1. The first kappa shape index (κ1) is 26.1. The molecule has 0 saturated carbocycles. The Hall–Kier alpha value is -1.85. The second kappa shape index (κ2) is 19.9. The van der Waals surface area contributed by atoms with Gasteiger partial charge in [-0.15, -0.1) is 0 Å². The van der Waals surface area contributed by atoms with Crippen molar-refractivity contribution < 1.29 is 28.6 Å². The predicted octanol–water partition coefficient (Wildman–Crippen LogP) is 6.86. The maximum atomic E-state index is 11.1. The van der Waals surface area contributed by atoms with Gasteiger partial charge in [0.05, 0.1) is 6.61 Å². The highest BCUT2D eigenvalue weighted by Gasteiger charge is 2.14. The summed E-state index contributed by atoms with van der Waals surface area (Å²) in [6, 6.07) is 0. The molecule has 0 unspecified atom stereocenters.